The molecule has 4 rings (SSSR count). The zero-order valence-corrected chi connectivity index (χ0v) is 18.9. The van der Waals surface area contributed by atoms with Crippen LogP contribution in [-0.4, -0.2) is 30.6 Å². The molecule has 0 fully saturated rings. The highest BCUT2D eigenvalue weighted by Crippen LogP contribution is 2.32. The third kappa shape index (κ3) is 4.46. The molecular formula is C21H17F3N6O3S. The number of amides is 1. The van der Waals surface area contributed by atoms with Crippen molar-refractivity contribution in [1.29, 1.82) is 0 Å². The summed E-state index contributed by atoms with van der Waals surface area (Å²) < 4.78 is 40.5. The Morgan fingerprint density at radius 1 is 1.09 bits per heavy atom. The van der Waals surface area contributed by atoms with Crippen molar-refractivity contribution < 1.29 is 22.9 Å². The third-order valence-corrected chi connectivity index (χ3v) is 5.80. The van der Waals surface area contributed by atoms with Gasteiger partial charge in [0, 0.05) is 11.6 Å². The van der Waals surface area contributed by atoms with Gasteiger partial charge in [-0.05, 0) is 39.0 Å². The number of carbonyl (C=O) groups excluding carboxylic acids is 1. The molecule has 4 aromatic rings. The zero-order valence-electron chi connectivity index (χ0n) is 18.0. The van der Waals surface area contributed by atoms with Crippen molar-refractivity contribution in [1.82, 2.24) is 19.7 Å². The fourth-order valence-corrected chi connectivity index (χ4v) is 3.86. The lowest BCUT2D eigenvalue weighted by atomic mass is 10.1. The number of nitrogens with zero attached hydrogens (tertiary/aromatic N) is 5. The van der Waals surface area contributed by atoms with Gasteiger partial charge in [0.2, 0.25) is 0 Å². The minimum absolute atomic E-state index is 0.0800. The molecule has 0 radical (unpaired) electrons. The summed E-state index contributed by atoms with van der Waals surface area (Å²) in [4.78, 5) is 32.1. The Balaban J connectivity index is 1.81. The lowest BCUT2D eigenvalue weighted by Crippen LogP contribution is -2.23. The molecule has 34 heavy (non-hydrogen) atoms. The number of carbonyl (C=O) groups is 1. The first kappa shape index (κ1) is 23.3. The van der Waals surface area contributed by atoms with E-state index in [2.05, 4.69) is 20.4 Å². The molecule has 0 saturated carbocycles. The van der Waals surface area contributed by atoms with Crippen molar-refractivity contribution in [2.75, 3.05) is 5.32 Å². The molecule has 1 aromatic carbocycles. The van der Waals surface area contributed by atoms with Crippen LogP contribution in [0.3, 0.4) is 0 Å². The second kappa shape index (κ2) is 8.17. The van der Waals surface area contributed by atoms with E-state index in [-0.39, 0.29) is 21.5 Å². The Hall–Kier alpha value is -3.87. The summed E-state index contributed by atoms with van der Waals surface area (Å²) in [5.41, 5.74) is -0.642. The highest BCUT2D eigenvalue weighted by molar-refractivity contribution is 7.17. The lowest BCUT2D eigenvalue weighted by Gasteiger charge is -2.20. The predicted octanol–water partition coefficient (Wildman–Crippen LogP) is 5.49. The van der Waals surface area contributed by atoms with Crippen LogP contribution < -0.4 is 5.32 Å². The van der Waals surface area contributed by atoms with E-state index in [1.54, 1.807) is 4.68 Å². The van der Waals surface area contributed by atoms with E-state index in [4.69, 9.17) is 0 Å². The molecule has 0 saturated heterocycles. The third-order valence-electron chi connectivity index (χ3n) is 4.76. The number of fused-ring (bicyclic) bond motifs is 1. The van der Waals surface area contributed by atoms with Gasteiger partial charge in [-0.3, -0.25) is 14.9 Å². The smallest absolute Gasteiger partial charge is 0.305 e. The van der Waals surface area contributed by atoms with Gasteiger partial charge in [0.25, 0.3) is 5.91 Å². The normalized spacial score (nSPS) is 12.2. The molecule has 3 heterocycles. The van der Waals surface area contributed by atoms with Gasteiger partial charge < -0.3 is 5.32 Å². The van der Waals surface area contributed by atoms with Crippen LogP contribution in [0, 0.1) is 10.1 Å². The van der Waals surface area contributed by atoms with Crippen molar-refractivity contribution >= 4 is 39.1 Å². The number of rotatable bonds is 4. The zero-order chi connectivity index (χ0) is 24.8. The van der Waals surface area contributed by atoms with Crippen LogP contribution in [0.4, 0.5) is 24.0 Å². The molecule has 0 bridgehead atoms. The molecule has 0 atom stereocenters. The number of anilines is 1. The van der Waals surface area contributed by atoms with Gasteiger partial charge in [-0.25, -0.2) is 14.6 Å². The van der Waals surface area contributed by atoms with E-state index in [1.165, 1.54) is 30.5 Å². The SMILES string of the molecule is CC(C)(C)n1ncc2c(NC(=O)c3ccc([N+](=O)[O-])s3)nc(-c3ccc(C(F)(F)F)cc3)nc21. The van der Waals surface area contributed by atoms with Crippen LogP contribution in [0.1, 0.15) is 36.0 Å². The first-order chi connectivity index (χ1) is 15.8. The van der Waals surface area contributed by atoms with Gasteiger partial charge in [0.1, 0.15) is 5.82 Å². The van der Waals surface area contributed by atoms with Gasteiger partial charge in [-0.1, -0.05) is 23.5 Å². The average molecular weight is 490 g/mol. The fourth-order valence-electron chi connectivity index (χ4n) is 3.15. The quantitative estimate of drug-likeness (QED) is 0.299. The van der Waals surface area contributed by atoms with E-state index in [0.717, 1.165) is 12.1 Å². The van der Waals surface area contributed by atoms with Gasteiger partial charge in [-0.2, -0.15) is 18.3 Å². The Bertz CT molecular complexity index is 1400. The second-order valence-electron chi connectivity index (χ2n) is 8.28. The van der Waals surface area contributed by atoms with Gasteiger partial charge in [0.15, 0.2) is 11.5 Å². The number of alkyl halides is 3. The van der Waals surface area contributed by atoms with Gasteiger partial charge in [-0.15, -0.1) is 0 Å². The summed E-state index contributed by atoms with van der Waals surface area (Å²) in [5, 5.41) is 18.1. The van der Waals surface area contributed by atoms with E-state index in [0.29, 0.717) is 27.9 Å². The maximum absolute atomic E-state index is 13.0. The lowest BCUT2D eigenvalue weighted by molar-refractivity contribution is -0.380. The Morgan fingerprint density at radius 3 is 2.32 bits per heavy atom. The number of hydrogen-bond acceptors (Lipinski definition) is 7. The van der Waals surface area contributed by atoms with Crippen molar-refractivity contribution in [3.05, 3.63) is 63.1 Å². The topological polar surface area (TPSA) is 116 Å². The monoisotopic (exact) mass is 490 g/mol. The van der Waals surface area contributed by atoms with Crippen LogP contribution >= 0.6 is 11.3 Å². The van der Waals surface area contributed by atoms with Gasteiger partial charge in [0.05, 0.1) is 32.5 Å². The molecule has 13 heteroatoms. The standard InChI is InChI=1S/C21H17F3N6O3S/c1-20(2,3)29-18-13(10-25-29)17(28-19(31)14-8-9-15(34-14)30(32)33)26-16(27-18)11-4-6-12(7-5-11)21(22,23)24/h4-10H,1-3H3,(H,26,27,28,31). The Kier molecular flexibility index (Phi) is 5.59. The Labute approximate surface area is 194 Å². The first-order valence-electron chi connectivity index (χ1n) is 9.84. The van der Waals surface area contributed by atoms with E-state index >= 15 is 0 Å². The Morgan fingerprint density at radius 2 is 1.76 bits per heavy atom. The molecule has 0 aliphatic carbocycles. The summed E-state index contributed by atoms with van der Waals surface area (Å²) in [6, 6.07) is 6.89. The van der Waals surface area contributed by atoms with Crippen molar-refractivity contribution in [3.63, 3.8) is 0 Å². The molecule has 9 nitrogen and oxygen atoms in total. The van der Waals surface area contributed by atoms with Crippen LogP contribution in [0.25, 0.3) is 22.4 Å². The van der Waals surface area contributed by atoms with Crippen LogP contribution in [0.15, 0.2) is 42.6 Å². The van der Waals surface area contributed by atoms with Crippen molar-refractivity contribution in [2.24, 2.45) is 0 Å². The van der Waals surface area contributed by atoms with E-state index in [9.17, 15) is 28.1 Å². The molecular weight excluding hydrogens is 473 g/mol. The number of halogens is 3. The summed E-state index contributed by atoms with van der Waals surface area (Å²) in [6.45, 7) is 5.67. The van der Waals surface area contributed by atoms with E-state index < -0.39 is 28.1 Å². The minimum atomic E-state index is -4.49. The highest BCUT2D eigenvalue weighted by Gasteiger charge is 2.30. The van der Waals surface area contributed by atoms with Crippen LogP contribution in [0.5, 0.6) is 0 Å². The van der Waals surface area contributed by atoms with Crippen LogP contribution in [0.2, 0.25) is 0 Å². The minimum Gasteiger partial charge on any atom is -0.305 e. The maximum atomic E-state index is 13.0. The predicted molar refractivity (Wildman–Crippen MR) is 120 cm³/mol. The molecule has 1 N–H and O–H groups in total. The summed E-state index contributed by atoms with van der Waals surface area (Å²) in [5.74, 6) is -0.462. The maximum Gasteiger partial charge on any atom is 0.416 e. The highest BCUT2D eigenvalue weighted by atomic mass is 32.1. The average Bonchev–Trinajstić information content (AvgIpc) is 3.40. The van der Waals surface area contributed by atoms with Crippen LogP contribution in [-0.2, 0) is 11.7 Å². The van der Waals surface area contributed by atoms with Gasteiger partial charge >= 0.3 is 11.2 Å². The molecule has 1 amide bonds. The molecule has 0 unspecified atom stereocenters. The molecule has 0 aliphatic heterocycles. The number of thiophene rings is 1. The number of benzene rings is 1. The largest absolute Gasteiger partial charge is 0.416 e. The molecule has 176 valence electrons. The number of nitro groups is 1. The summed E-state index contributed by atoms with van der Waals surface area (Å²) >= 11 is 0.706. The molecule has 0 aliphatic rings. The summed E-state index contributed by atoms with van der Waals surface area (Å²) in [7, 11) is 0. The van der Waals surface area contributed by atoms with Crippen molar-refractivity contribution in [3.8, 4) is 11.4 Å². The fraction of sp³-hybridized carbons (Fsp3) is 0.238. The summed E-state index contributed by atoms with van der Waals surface area (Å²) in [6.07, 6.45) is -3.01. The van der Waals surface area contributed by atoms with Crippen molar-refractivity contribution in [2.45, 2.75) is 32.5 Å². The second-order valence-corrected chi connectivity index (χ2v) is 9.35. The molecule has 0 spiro atoms. The molecule has 3 aromatic heterocycles. The number of nitrogens with one attached hydrogen (secondary N) is 1. The van der Waals surface area contributed by atoms with E-state index in [1.807, 2.05) is 20.8 Å². The number of aromatic nitrogens is 4. The number of hydrogen-bond donors (Lipinski definition) is 1. The first-order valence-corrected chi connectivity index (χ1v) is 10.7.